The number of benzene rings is 1. The van der Waals surface area contributed by atoms with Gasteiger partial charge in [0.1, 0.15) is 0 Å². The molecule has 0 fully saturated rings. The fourth-order valence-electron chi connectivity index (χ4n) is 1.19. The van der Waals surface area contributed by atoms with Crippen LogP contribution in [0.2, 0.25) is 0 Å². The molecule has 2 N–H and O–H groups in total. The van der Waals surface area contributed by atoms with Gasteiger partial charge in [0.25, 0.3) is 0 Å². The topological polar surface area (TPSA) is 29.3 Å². The molecule has 0 aliphatic carbocycles. The van der Waals surface area contributed by atoms with Crippen LogP contribution in [-0.4, -0.2) is 25.0 Å². The number of hydrogen-bond acceptors (Lipinski definition) is 2. The summed E-state index contributed by atoms with van der Waals surface area (Å²) in [5.74, 6) is 0. The van der Waals surface area contributed by atoms with Gasteiger partial charge >= 0.3 is 0 Å². The highest BCUT2D eigenvalue weighted by molar-refractivity contribution is 5.14. The number of hydrogen-bond donors (Lipinski definition) is 1. The number of likely N-dealkylation sites (N-methyl/N-ethyl adjacent to an activating group) is 1. The summed E-state index contributed by atoms with van der Waals surface area (Å²) in [4.78, 5) is 2.22. The van der Waals surface area contributed by atoms with E-state index in [4.69, 9.17) is 5.73 Å². The van der Waals surface area contributed by atoms with Crippen LogP contribution in [0.15, 0.2) is 30.3 Å². The smallest absolute Gasteiger partial charge is 0.0231 e. The minimum absolute atomic E-state index is 0.726. The Morgan fingerprint density at radius 1 is 1.25 bits per heavy atom. The molecular formula is C10H16N2. The molecule has 2 nitrogen and oxygen atoms in total. The molecule has 1 rings (SSSR count). The summed E-state index contributed by atoms with van der Waals surface area (Å²) < 4.78 is 0. The molecule has 0 bridgehead atoms. The van der Waals surface area contributed by atoms with Crippen molar-refractivity contribution in [2.45, 2.75) is 6.54 Å². The predicted molar refractivity (Wildman–Crippen MR) is 51.8 cm³/mol. The zero-order valence-corrected chi connectivity index (χ0v) is 7.53. The standard InChI is InChI=1S/C10H16N2/c1-12(8-7-11)9-10-5-3-2-4-6-10/h2-6H,7-9,11H2,1H3. The molecule has 1 aromatic rings. The summed E-state index contributed by atoms with van der Waals surface area (Å²) in [6.45, 7) is 2.66. The van der Waals surface area contributed by atoms with Crippen molar-refractivity contribution >= 4 is 0 Å². The molecule has 0 amide bonds. The third-order valence-corrected chi connectivity index (χ3v) is 1.81. The van der Waals surface area contributed by atoms with E-state index in [0.717, 1.165) is 19.6 Å². The van der Waals surface area contributed by atoms with Crippen LogP contribution in [-0.2, 0) is 6.54 Å². The van der Waals surface area contributed by atoms with Crippen molar-refractivity contribution in [1.82, 2.24) is 4.90 Å². The SMILES string of the molecule is CN(CCN)Cc1ccccc1. The molecule has 0 aliphatic heterocycles. The van der Waals surface area contributed by atoms with Crippen LogP contribution in [0.1, 0.15) is 5.56 Å². The second kappa shape index (κ2) is 4.91. The molecule has 1 aromatic carbocycles. The van der Waals surface area contributed by atoms with Gasteiger partial charge in [-0.15, -0.1) is 0 Å². The molecule has 2 heteroatoms. The van der Waals surface area contributed by atoms with E-state index >= 15 is 0 Å². The third kappa shape index (κ3) is 3.03. The Morgan fingerprint density at radius 2 is 1.92 bits per heavy atom. The van der Waals surface area contributed by atoms with Crippen molar-refractivity contribution in [3.05, 3.63) is 35.9 Å². The second-order valence-electron chi connectivity index (χ2n) is 3.01. The zero-order chi connectivity index (χ0) is 8.81. The van der Waals surface area contributed by atoms with Gasteiger partial charge in [-0.25, -0.2) is 0 Å². The lowest BCUT2D eigenvalue weighted by molar-refractivity contribution is 0.336. The summed E-state index contributed by atoms with van der Waals surface area (Å²) in [5, 5.41) is 0. The van der Waals surface area contributed by atoms with Crippen molar-refractivity contribution < 1.29 is 0 Å². The maximum Gasteiger partial charge on any atom is 0.0231 e. The Morgan fingerprint density at radius 3 is 2.50 bits per heavy atom. The fraction of sp³-hybridized carbons (Fsp3) is 0.400. The summed E-state index contributed by atoms with van der Waals surface area (Å²) in [6.07, 6.45) is 0. The van der Waals surface area contributed by atoms with Crippen LogP contribution in [0, 0.1) is 0 Å². The van der Waals surface area contributed by atoms with Crippen LogP contribution in [0.3, 0.4) is 0 Å². The molecule has 0 radical (unpaired) electrons. The van der Waals surface area contributed by atoms with Crippen LogP contribution in [0.4, 0.5) is 0 Å². The molecular weight excluding hydrogens is 148 g/mol. The highest BCUT2D eigenvalue weighted by atomic mass is 15.1. The van der Waals surface area contributed by atoms with E-state index < -0.39 is 0 Å². The molecule has 0 atom stereocenters. The van der Waals surface area contributed by atoms with E-state index in [9.17, 15) is 0 Å². The van der Waals surface area contributed by atoms with Gasteiger partial charge in [0.05, 0.1) is 0 Å². The first-order chi connectivity index (χ1) is 5.83. The minimum Gasteiger partial charge on any atom is -0.329 e. The second-order valence-corrected chi connectivity index (χ2v) is 3.01. The van der Waals surface area contributed by atoms with Gasteiger partial charge in [-0.05, 0) is 12.6 Å². The number of rotatable bonds is 4. The molecule has 0 heterocycles. The van der Waals surface area contributed by atoms with Crippen LogP contribution >= 0.6 is 0 Å². The Kier molecular flexibility index (Phi) is 3.77. The first kappa shape index (κ1) is 9.23. The monoisotopic (exact) mass is 164 g/mol. The van der Waals surface area contributed by atoms with E-state index in [0.29, 0.717) is 0 Å². The van der Waals surface area contributed by atoms with Crippen LogP contribution in [0.25, 0.3) is 0 Å². The number of nitrogens with zero attached hydrogens (tertiary/aromatic N) is 1. The quantitative estimate of drug-likeness (QED) is 0.721. The van der Waals surface area contributed by atoms with Crippen LogP contribution < -0.4 is 5.73 Å². The molecule has 12 heavy (non-hydrogen) atoms. The molecule has 0 spiro atoms. The average molecular weight is 164 g/mol. The first-order valence-corrected chi connectivity index (χ1v) is 4.25. The van der Waals surface area contributed by atoms with Crippen molar-refractivity contribution in [3.63, 3.8) is 0 Å². The van der Waals surface area contributed by atoms with Gasteiger partial charge in [-0.2, -0.15) is 0 Å². The van der Waals surface area contributed by atoms with E-state index in [1.54, 1.807) is 0 Å². The number of nitrogens with two attached hydrogens (primary N) is 1. The molecule has 0 aromatic heterocycles. The van der Waals surface area contributed by atoms with Gasteiger partial charge in [0.2, 0.25) is 0 Å². The fourth-order valence-corrected chi connectivity index (χ4v) is 1.19. The van der Waals surface area contributed by atoms with Gasteiger partial charge in [-0.1, -0.05) is 30.3 Å². The molecule has 0 unspecified atom stereocenters. The molecule has 66 valence electrons. The van der Waals surface area contributed by atoms with E-state index in [2.05, 4.69) is 36.2 Å². The lowest BCUT2D eigenvalue weighted by atomic mass is 10.2. The molecule has 0 saturated carbocycles. The van der Waals surface area contributed by atoms with Gasteiger partial charge in [-0.3, -0.25) is 0 Å². The van der Waals surface area contributed by atoms with Crippen molar-refractivity contribution in [3.8, 4) is 0 Å². The lowest BCUT2D eigenvalue weighted by Gasteiger charge is -2.14. The summed E-state index contributed by atoms with van der Waals surface area (Å²) in [5.41, 5.74) is 6.78. The zero-order valence-electron chi connectivity index (χ0n) is 7.53. The van der Waals surface area contributed by atoms with Crippen molar-refractivity contribution in [1.29, 1.82) is 0 Å². The Balaban J connectivity index is 2.41. The highest BCUT2D eigenvalue weighted by Gasteiger charge is 1.96. The van der Waals surface area contributed by atoms with Crippen molar-refractivity contribution in [2.75, 3.05) is 20.1 Å². The summed E-state index contributed by atoms with van der Waals surface area (Å²) >= 11 is 0. The first-order valence-electron chi connectivity index (χ1n) is 4.25. The minimum atomic E-state index is 0.726. The van der Waals surface area contributed by atoms with Gasteiger partial charge < -0.3 is 10.6 Å². The van der Waals surface area contributed by atoms with E-state index in [1.165, 1.54) is 5.56 Å². The molecule has 0 aliphatic rings. The van der Waals surface area contributed by atoms with Crippen LogP contribution in [0.5, 0.6) is 0 Å². The Bertz CT molecular complexity index is 208. The predicted octanol–water partition coefficient (Wildman–Crippen LogP) is 1.08. The van der Waals surface area contributed by atoms with E-state index in [1.807, 2.05) is 6.07 Å². The molecule has 0 saturated heterocycles. The summed E-state index contributed by atoms with van der Waals surface area (Å²) in [6, 6.07) is 10.4. The van der Waals surface area contributed by atoms with Gasteiger partial charge in [0, 0.05) is 19.6 Å². The third-order valence-electron chi connectivity index (χ3n) is 1.81. The van der Waals surface area contributed by atoms with E-state index in [-0.39, 0.29) is 0 Å². The highest BCUT2D eigenvalue weighted by Crippen LogP contribution is 2.01. The Labute approximate surface area is 74.0 Å². The summed E-state index contributed by atoms with van der Waals surface area (Å²) in [7, 11) is 2.08. The lowest BCUT2D eigenvalue weighted by Crippen LogP contribution is -2.24. The Hall–Kier alpha value is -0.860. The average Bonchev–Trinajstić information content (AvgIpc) is 2.06. The maximum absolute atomic E-state index is 5.44. The normalized spacial score (nSPS) is 10.6. The maximum atomic E-state index is 5.44. The van der Waals surface area contributed by atoms with Crippen molar-refractivity contribution in [2.24, 2.45) is 5.73 Å². The largest absolute Gasteiger partial charge is 0.329 e. The van der Waals surface area contributed by atoms with Gasteiger partial charge in [0.15, 0.2) is 0 Å².